The van der Waals surface area contributed by atoms with Gasteiger partial charge in [-0.25, -0.2) is 0 Å². The molecule has 4 aliphatic carbocycles. The number of aryl methyl sites for hydroxylation is 2. The van der Waals surface area contributed by atoms with E-state index in [2.05, 4.69) is 0 Å². The van der Waals surface area contributed by atoms with Crippen molar-refractivity contribution in [3.8, 4) is 0 Å². The molecule has 6 rings (SSSR count). The molecule has 0 saturated heterocycles. The summed E-state index contributed by atoms with van der Waals surface area (Å²) in [6.07, 6.45) is 7.00. The third-order valence-electron chi connectivity index (χ3n) is 7.95. The Balaban J connectivity index is 1.26. The summed E-state index contributed by atoms with van der Waals surface area (Å²) in [5, 5.41) is 0. The summed E-state index contributed by atoms with van der Waals surface area (Å²) >= 11 is 0. The smallest absolute Gasteiger partial charge is 0.262 e. The van der Waals surface area contributed by atoms with E-state index in [9.17, 15) is 16.8 Å². The molecule has 34 heavy (non-hydrogen) atoms. The first-order chi connectivity index (χ1) is 16.2. The average Bonchev–Trinajstić information content (AvgIpc) is 3.51. The van der Waals surface area contributed by atoms with Crippen LogP contribution in [0.15, 0.2) is 82.6 Å². The van der Waals surface area contributed by atoms with E-state index in [1.807, 2.05) is 38.2 Å². The standard InChI is InChI=1S/C26H26O6S2/c1-15-3-7-17(8-4-15)33(27,28)31-25-19-11-13-21-23(19)24-20(25)12-14-22(24)26(21)32-34(29,30)18-9-5-16(2)6-10-18/h3-14,19-26H,1-2H3/t19-,20-,21+,22+,23?,24?,25?,26?. The molecule has 8 heteroatoms. The zero-order valence-corrected chi connectivity index (χ0v) is 20.4. The highest BCUT2D eigenvalue weighted by Crippen LogP contribution is 2.65. The Labute approximate surface area is 200 Å². The predicted molar refractivity (Wildman–Crippen MR) is 126 cm³/mol. The fourth-order valence-electron chi connectivity index (χ4n) is 6.46. The van der Waals surface area contributed by atoms with Crippen LogP contribution in [0.1, 0.15) is 11.1 Å². The number of hydrogen-bond acceptors (Lipinski definition) is 6. The Hall–Kier alpha value is -2.26. The Morgan fingerprint density at radius 1 is 0.529 bits per heavy atom. The fourth-order valence-corrected chi connectivity index (χ4v) is 8.72. The van der Waals surface area contributed by atoms with Gasteiger partial charge in [-0.05, 0) is 49.9 Å². The molecule has 2 fully saturated rings. The van der Waals surface area contributed by atoms with Crippen molar-refractivity contribution in [1.82, 2.24) is 0 Å². The molecule has 6 nitrogen and oxygen atoms in total. The lowest BCUT2D eigenvalue weighted by Crippen LogP contribution is -2.32. The van der Waals surface area contributed by atoms with E-state index in [1.54, 1.807) is 48.5 Å². The summed E-state index contributed by atoms with van der Waals surface area (Å²) in [6, 6.07) is 13.3. The molecule has 0 bridgehead atoms. The number of benzene rings is 2. The van der Waals surface area contributed by atoms with Crippen LogP contribution in [0.5, 0.6) is 0 Å². The van der Waals surface area contributed by atoms with Gasteiger partial charge in [0.15, 0.2) is 0 Å². The van der Waals surface area contributed by atoms with Crippen LogP contribution in [-0.2, 0) is 28.6 Å². The molecule has 0 aliphatic heterocycles. The number of rotatable bonds is 6. The second-order valence-electron chi connectivity index (χ2n) is 9.89. The van der Waals surface area contributed by atoms with Crippen LogP contribution < -0.4 is 0 Å². The molecule has 2 saturated carbocycles. The second-order valence-corrected chi connectivity index (χ2v) is 13.0. The van der Waals surface area contributed by atoms with Crippen molar-refractivity contribution in [3.63, 3.8) is 0 Å². The molecule has 0 heterocycles. The van der Waals surface area contributed by atoms with Gasteiger partial charge in [-0.15, -0.1) is 0 Å². The van der Waals surface area contributed by atoms with Crippen LogP contribution in [0.3, 0.4) is 0 Å². The summed E-state index contributed by atoms with van der Waals surface area (Å²) in [4.78, 5) is 0.301. The SMILES string of the molecule is Cc1ccc(S(=O)(=O)OC2[C@H]3C=C[C@H]4C(OS(=O)(=O)c5ccc(C)cc5)[C@@H]5C=C[C@H]2C5C34)cc1. The van der Waals surface area contributed by atoms with E-state index >= 15 is 0 Å². The van der Waals surface area contributed by atoms with Crippen molar-refractivity contribution in [2.45, 2.75) is 35.8 Å². The van der Waals surface area contributed by atoms with Gasteiger partial charge in [-0.1, -0.05) is 59.7 Å². The zero-order chi connectivity index (χ0) is 23.8. The molecule has 0 aromatic heterocycles. The predicted octanol–water partition coefficient (Wildman–Crippen LogP) is 4.02. The molecule has 2 unspecified atom stereocenters. The lowest BCUT2D eigenvalue weighted by Gasteiger charge is -2.24. The highest BCUT2D eigenvalue weighted by molar-refractivity contribution is 7.87. The maximum atomic E-state index is 13.0. The topological polar surface area (TPSA) is 86.7 Å². The molecule has 0 radical (unpaired) electrons. The van der Waals surface area contributed by atoms with Gasteiger partial charge in [0.1, 0.15) is 0 Å². The van der Waals surface area contributed by atoms with E-state index in [0.29, 0.717) is 0 Å². The van der Waals surface area contributed by atoms with Crippen molar-refractivity contribution in [2.24, 2.45) is 35.5 Å². The van der Waals surface area contributed by atoms with Gasteiger partial charge in [-0.2, -0.15) is 16.8 Å². The van der Waals surface area contributed by atoms with Gasteiger partial charge in [0.25, 0.3) is 20.2 Å². The maximum Gasteiger partial charge on any atom is 0.297 e. The van der Waals surface area contributed by atoms with Gasteiger partial charge in [0.05, 0.1) is 22.0 Å². The first kappa shape index (κ1) is 22.2. The molecule has 0 spiro atoms. The third kappa shape index (κ3) is 3.34. The zero-order valence-electron chi connectivity index (χ0n) is 18.8. The van der Waals surface area contributed by atoms with Crippen molar-refractivity contribution in [2.75, 3.05) is 0 Å². The van der Waals surface area contributed by atoms with Gasteiger partial charge in [-0.3, -0.25) is 8.37 Å². The molecule has 178 valence electrons. The molecule has 2 aromatic rings. The average molecular weight is 499 g/mol. The molecular weight excluding hydrogens is 472 g/mol. The van der Waals surface area contributed by atoms with E-state index in [1.165, 1.54) is 0 Å². The largest absolute Gasteiger partial charge is 0.297 e. The molecule has 6 atom stereocenters. The molecule has 2 aromatic carbocycles. The normalized spacial score (nSPS) is 35.2. The summed E-state index contributed by atoms with van der Waals surface area (Å²) in [5.41, 5.74) is 1.95. The minimum atomic E-state index is -3.92. The first-order valence-corrected chi connectivity index (χ1v) is 14.3. The minimum Gasteiger partial charge on any atom is -0.262 e. The minimum absolute atomic E-state index is 0.0941. The quantitative estimate of drug-likeness (QED) is 0.442. The summed E-state index contributed by atoms with van der Waals surface area (Å²) in [7, 11) is -7.83. The summed E-state index contributed by atoms with van der Waals surface area (Å²) < 4.78 is 63.8. The Kier molecular flexibility index (Phi) is 4.98. The molecular formula is C26H26O6S2. The van der Waals surface area contributed by atoms with Crippen molar-refractivity contribution in [1.29, 1.82) is 0 Å². The van der Waals surface area contributed by atoms with Crippen LogP contribution in [0.2, 0.25) is 0 Å². The Morgan fingerprint density at radius 3 is 1.12 bits per heavy atom. The first-order valence-electron chi connectivity index (χ1n) is 11.5. The van der Waals surface area contributed by atoms with Gasteiger partial charge in [0, 0.05) is 23.7 Å². The van der Waals surface area contributed by atoms with Crippen LogP contribution in [0.25, 0.3) is 0 Å². The summed E-state index contributed by atoms with van der Waals surface area (Å²) in [6.45, 7) is 3.81. The van der Waals surface area contributed by atoms with Crippen molar-refractivity contribution < 1.29 is 25.2 Å². The van der Waals surface area contributed by atoms with E-state index in [-0.39, 0.29) is 45.3 Å². The lowest BCUT2D eigenvalue weighted by molar-refractivity contribution is 0.110. The maximum absolute atomic E-state index is 13.0. The van der Waals surface area contributed by atoms with Gasteiger partial charge >= 0.3 is 0 Å². The Morgan fingerprint density at radius 2 is 0.824 bits per heavy atom. The summed E-state index contributed by atoms with van der Waals surface area (Å²) in [5.74, 6) is -0.179. The van der Waals surface area contributed by atoms with Gasteiger partial charge in [0.2, 0.25) is 0 Å². The highest BCUT2D eigenvalue weighted by Gasteiger charge is 2.66. The van der Waals surface area contributed by atoms with Crippen LogP contribution in [-0.4, -0.2) is 29.0 Å². The molecule has 4 aliphatic rings. The second kappa shape index (κ2) is 7.62. The van der Waals surface area contributed by atoms with E-state index < -0.39 is 32.4 Å². The fraction of sp³-hybridized carbons (Fsp3) is 0.385. The molecule has 0 amide bonds. The van der Waals surface area contributed by atoms with Gasteiger partial charge < -0.3 is 0 Å². The monoisotopic (exact) mass is 498 g/mol. The van der Waals surface area contributed by atoms with Crippen LogP contribution >= 0.6 is 0 Å². The highest BCUT2D eigenvalue weighted by atomic mass is 32.2. The lowest BCUT2D eigenvalue weighted by atomic mass is 9.88. The van der Waals surface area contributed by atoms with Crippen LogP contribution in [0.4, 0.5) is 0 Å². The van der Waals surface area contributed by atoms with Crippen molar-refractivity contribution >= 4 is 20.2 Å². The third-order valence-corrected chi connectivity index (χ3v) is 10.6. The molecule has 0 N–H and O–H groups in total. The van der Waals surface area contributed by atoms with E-state index in [4.69, 9.17) is 8.37 Å². The Bertz CT molecular complexity index is 1250. The number of hydrogen-bond donors (Lipinski definition) is 0. The van der Waals surface area contributed by atoms with Crippen molar-refractivity contribution in [3.05, 3.63) is 84.0 Å². The van der Waals surface area contributed by atoms with Crippen LogP contribution in [0, 0.1) is 49.4 Å². The van der Waals surface area contributed by atoms with E-state index in [0.717, 1.165) is 11.1 Å².